The van der Waals surface area contributed by atoms with Crippen molar-refractivity contribution < 1.29 is 26.5 Å². The molecule has 2 aromatic carbocycles. The number of hydrogen-bond acceptors (Lipinski definition) is 7. The van der Waals surface area contributed by atoms with Gasteiger partial charge in [0.25, 0.3) is 0 Å². The molecule has 0 aliphatic heterocycles. The van der Waals surface area contributed by atoms with Crippen molar-refractivity contribution in [1.82, 2.24) is 0 Å². The SMILES string of the molecule is CCc1cc2c(C)cc(=O)oc2cc1OS(=O)(=O)c1cc(OC)ccc1OC. The Hall–Kier alpha value is -3.00. The third-order valence-corrected chi connectivity index (χ3v) is 5.61. The Bertz CT molecular complexity index is 1190. The van der Waals surface area contributed by atoms with Crippen molar-refractivity contribution in [3.05, 3.63) is 57.9 Å². The molecule has 0 fully saturated rings. The van der Waals surface area contributed by atoms with Crippen molar-refractivity contribution in [1.29, 1.82) is 0 Å². The molecule has 7 nitrogen and oxygen atoms in total. The number of hydrogen-bond donors (Lipinski definition) is 0. The molecular formula is C20H20O7S. The number of methoxy groups -OCH3 is 2. The molecule has 0 aliphatic rings. The maximum absolute atomic E-state index is 12.9. The molecule has 0 N–H and O–H groups in total. The molecule has 0 amide bonds. The molecule has 0 atom stereocenters. The van der Waals surface area contributed by atoms with E-state index in [9.17, 15) is 13.2 Å². The molecule has 0 saturated heterocycles. The maximum Gasteiger partial charge on any atom is 0.343 e. The predicted molar refractivity (Wildman–Crippen MR) is 104 cm³/mol. The molecule has 148 valence electrons. The highest BCUT2D eigenvalue weighted by molar-refractivity contribution is 7.87. The highest BCUT2D eigenvalue weighted by Gasteiger charge is 2.24. The largest absolute Gasteiger partial charge is 0.497 e. The standard InChI is InChI=1S/C20H20O7S/c1-5-13-9-15-12(2)8-20(21)26-18(15)11-17(13)27-28(22,23)19-10-14(24-3)6-7-16(19)25-4/h6-11H,5H2,1-4H3. The molecule has 1 aromatic heterocycles. The van der Waals surface area contributed by atoms with E-state index in [0.29, 0.717) is 17.7 Å². The van der Waals surface area contributed by atoms with Gasteiger partial charge in [-0.2, -0.15) is 8.42 Å². The van der Waals surface area contributed by atoms with Gasteiger partial charge in [-0.25, -0.2) is 4.79 Å². The monoisotopic (exact) mass is 404 g/mol. The van der Waals surface area contributed by atoms with Gasteiger partial charge in [-0.15, -0.1) is 0 Å². The first kappa shape index (κ1) is 19.8. The van der Waals surface area contributed by atoms with E-state index in [4.69, 9.17) is 18.1 Å². The van der Waals surface area contributed by atoms with Crippen molar-refractivity contribution in [3.8, 4) is 17.2 Å². The van der Waals surface area contributed by atoms with Gasteiger partial charge < -0.3 is 18.1 Å². The van der Waals surface area contributed by atoms with E-state index < -0.39 is 15.7 Å². The fraction of sp³-hybridized carbons (Fsp3) is 0.250. The molecule has 8 heteroatoms. The molecule has 0 aliphatic carbocycles. The van der Waals surface area contributed by atoms with Gasteiger partial charge in [0, 0.05) is 23.6 Å². The van der Waals surface area contributed by atoms with Gasteiger partial charge in [0.05, 0.1) is 14.2 Å². The van der Waals surface area contributed by atoms with E-state index in [0.717, 1.165) is 10.9 Å². The summed E-state index contributed by atoms with van der Waals surface area (Å²) < 4.78 is 46.8. The third-order valence-electron chi connectivity index (χ3n) is 4.35. The second-order valence-electron chi connectivity index (χ2n) is 6.11. The second kappa shape index (κ2) is 7.55. The van der Waals surface area contributed by atoms with Crippen LogP contribution in [0.5, 0.6) is 17.2 Å². The zero-order chi connectivity index (χ0) is 20.5. The Morgan fingerprint density at radius 3 is 2.39 bits per heavy atom. The van der Waals surface area contributed by atoms with E-state index in [-0.39, 0.29) is 22.0 Å². The summed E-state index contributed by atoms with van der Waals surface area (Å²) in [5.41, 5.74) is 1.14. The second-order valence-corrected chi connectivity index (χ2v) is 7.63. The Kier molecular flexibility index (Phi) is 5.33. The van der Waals surface area contributed by atoms with Crippen LogP contribution in [0, 0.1) is 6.92 Å². The van der Waals surface area contributed by atoms with Gasteiger partial charge in [-0.3, -0.25) is 0 Å². The first-order chi connectivity index (χ1) is 13.3. The topological polar surface area (TPSA) is 92.0 Å². The van der Waals surface area contributed by atoms with Gasteiger partial charge in [0.2, 0.25) is 0 Å². The molecule has 1 heterocycles. The van der Waals surface area contributed by atoms with Crippen LogP contribution < -0.4 is 19.3 Å². The maximum atomic E-state index is 12.9. The summed E-state index contributed by atoms with van der Waals surface area (Å²) >= 11 is 0. The highest BCUT2D eigenvalue weighted by Crippen LogP contribution is 2.33. The van der Waals surface area contributed by atoms with Crippen LogP contribution in [-0.2, 0) is 16.5 Å². The van der Waals surface area contributed by atoms with Crippen molar-refractivity contribution >= 4 is 21.1 Å². The predicted octanol–water partition coefficient (Wildman–Crippen LogP) is 3.45. The molecular weight excluding hydrogens is 384 g/mol. The quantitative estimate of drug-likeness (QED) is 0.459. The Morgan fingerprint density at radius 1 is 1.00 bits per heavy atom. The summed E-state index contributed by atoms with van der Waals surface area (Å²) in [6, 6.07) is 8.97. The van der Waals surface area contributed by atoms with E-state index in [1.165, 1.54) is 38.5 Å². The fourth-order valence-corrected chi connectivity index (χ4v) is 4.03. The molecule has 0 unspecified atom stereocenters. The first-order valence-corrected chi connectivity index (χ1v) is 9.93. The number of benzene rings is 2. The minimum Gasteiger partial charge on any atom is -0.497 e. The Morgan fingerprint density at radius 2 is 1.75 bits per heavy atom. The van der Waals surface area contributed by atoms with E-state index in [1.54, 1.807) is 19.1 Å². The summed E-state index contributed by atoms with van der Waals surface area (Å²) in [7, 11) is -1.44. The highest BCUT2D eigenvalue weighted by atomic mass is 32.2. The van der Waals surface area contributed by atoms with Gasteiger partial charge in [0.1, 0.15) is 22.8 Å². The average molecular weight is 404 g/mol. The molecule has 0 bridgehead atoms. The Balaban J connectivity index is 2.15. The van der Waals surface area contributed by atoms with Crippen LogP contribution in [0.4, 0.5) is 0 Å². The van der Waals surface area contributed by atoms with Crippen LogP contribution in [0.25, 0.3) is 11.0 Å². The van der Waals surface area contributed by atoms with Crippen molar-refractivity contribution in [2.75, 3.05) is 14.2 Å². The first-order valence-electron chi connectivity index (χ1n) is 8.53. The van der Waals surface area contributed by atoms with Crippen LogP contribution in [0.1, 0.15) is 18.1 Å². The summed E-state index contributed by atoms with van der Waals surface area (Å²) in [5.74, 6) is 0.564. The van der Waals surface area contributed by atoms with Crippen molar-refractivity contribution in [3.63, 3.8) is 0 Å². The van der Waals surface area contributed by atoms with Crippen LogP contribution >= 0.6 is 0 Å². The molecule has 0 radical (unpaired) electrons. The summed E-state index contributed by atoms with van der Waals surface area (Å²) in [6.45, 7) is 3.66. The van der Waals surface area contributed by atoms with Crippen molar-refractivity contribution in [2.24, 2.45) is 0 Å². The minimum atomic E-state index is -4.23. The molecule has 3 rings (SSSR count). The van der Waals surface area contributed by atoms with E-state index >= 15 is 0 Å². The molecule has 0 saturated carbocycles. The average Bonchev–Trinajstić information content (AvgIpc) is 2.66. The fourth-order valence-electron chi connectivity index (χ4n) is 2.89. The lowest BCUT2D eigenvalue weighted by Crippen LogP contribution is -2.12. The number of fused-ring (bicyclic) bond motifs is 1. The number of ether oxygens (including phenoxy) is 2. The van der Waals surface area contributed by atoms with E-state index in [1.807, 2.05) is 6.92 Å². The van der Waals surface area contributed by atoms with Crippen LogP contribution in [0.3, 0.4) is 0 Å². The van der Waals surface area contributed by atoms with Gasteiger partial charge in [0.15, 0.2) is 4.90 Å². The van der Waals surface area contributed by atoms with Crippen LogP contribution in [-0.4, -0.2) is 22.6 Å². The van der Waals surface area contributed by atoms with Gasteiger partial charge >= 0.3 is 15.7 Å². The molecule has 3 aromatic rings. The zero-order valence-corrected chi connectivity index (χ0v) is 16.8. The molecule has 0 spiro atoms. The van der Waals surface area contributed by atoms with E-state index in [2.05, 4.69) is 0 Å². The summed E-state index contributed by atoms with van der Waals surface area (Å²) in [5, 5.41) is 0.722. The number of rotatable bonds is 6. The summed E-state index contributed by atoms with van der Waals surface area (Å²) in [6.07, 6.45) is 0.522. The normalized spacial score (nSPS) is 11.4. The Labute approximate surface area is 162 Å². The van der Waals surface area contributed by atoms with Crippen LogP contribution in [0.2, 0.25) is 0 Å². The number of aryl methyl sites for hydroxylation is 2. The van der Waals surface area contributed by atoms with Crippen molar-refractivity contribution in [2.45, 2.75) is 25.2 Å². The van der Waals surface area contributed by atoms with Gasteiger partial charge in [-0.1, -0.05) is 6.92 Å². The third kappa shape index (κ3) is 3.68. The summed E-state index contributed by atoms with van der Waals surface area (Å²) in [4.78, 5) is 11.5. The smallest absolute Gasteiger partial charge is 0.343 e. The lowest BCUT2D eigenvalue weighted by molar-refractivity contribution is 0.388. The lowest BCUT2D eigenvalue weighted by atomic mass is 10.1. The van der Waals surface area contributed by atoms with Crippen LogP contribution in [0.15, 0.2) is 50.5 Å². The molecule has 28 heavy (non-hydrogen) atoms. The zero-order valence-electron chi connectivity index (χ0n) is 15.9. The minimum absolute atomic E-state index is 0.0913. The van der Waals surface area contributed by atoms with Gasteiger partial charge in [-0.05, 0) is 42.7 Å². The lowest BCUT2D eigenvalue weighted by Gasteiger charge is -2.14.